The summed E-state index contributed by atoms with van der Waals surface area (Å²) in [5, 5.41) is 9.27. The lowest BCUT2D eigenvalue weighted by Gasteiger charge is -2.14. The van der Waals surface area contributed by atoms with Crippen LogP contribution in [0.5, 0.6) is 5.75 Å². The third kappa shape index (κ3) is 2.05. The lowest BCUT2D eigenvalue weighted by atomic mass is 10.1. The van der Waals surface area contributed by atoms with Crippen molar-refractivity contribution < 1.29 is 5.11 Å². The van der Waals surface area contributed by atoms with Crippen molar-refractivity contribution >= 4 is 5.69 Å². The Morgan fingerprint density at radius 2 is 1.83 bits per heavy atom. The number of rotatable bonds is 2. The van der Waals surface area contributed by atoms with Crippen LogP contribution in [-0.4, -0.2) is 10.0 Å². The third-order valence-electron chi connectivity index (χ3n) is 3.43. The van der Waals surface area contributed by atoms with Gasteiger partial charge in [-0.2, -0.15) is 0 Å². The van der Waals surface area contributed by atoms with Crippen molar-refractivity contribution in [2.45, 2.75) is 19.6 Å². The maximum absolute atomic E-state index is 9.27. The van der Waals surface area contributed by atoms with E-state index >= 15 is 0 Å². The molecule has 92 valence electrons. The summed E-state index contributed by atoms with van der Waals surface area (Å²) >= 11 is 0. The first-order valence-corrected chi connectivity index (χ1v) is 6.09. The summed E-state index contributed by atoms with van der Waals surface area (Å²) in [6.07, 6.45) is 0. The molecule has 0 saturated carbocycles. The summed E-state index contributed by atoms with van der Waals surface area (Å²) in [7, 11) is 0. The van der Waals surface area contributed by atoms with Crippen LogP contribution in [0.1, 0.15) is 16.7 Å². The molecule has 1 heterocycles. The van der Waals surface area contributed by atoms with Crippen LogP contribution < -0.4 is 5.73 Å². The molecule has 0 saturated heterocycles. The van der Waals surface area contributed by atoms with E-state index in [4.69, 9.17) is 5.73 Å². The Morgan fingerprint density at radius 3 is 2.56 bits per heavy atom. The molecule has 0 radical (unpaired) electrons. The molecule has 3 heteroatoms. The lowest BCUT2D eigenvalue weighted by Crippen LogP contribution is -2.15. The Bertz CT molecular complexity index is 563. The Labute approximate surface area is 106 Å². The van der Waals surface area contributed by atoms with Gasteiger partial charge in [-0.1, -0.05) is 24.3 Å². The van der Waals surface area contributed by atoms with E-state index in [0.29, 0.717) is 5.75 Å². The highest BCUT2D eigenvalue weighted by molar-refractivity contribution is 5.52. The van der Waals surface area contributed by atoms with E-state index in [1.54, 1.807) is 12.1 Å². The Morgan fingerprint density at radius 1 is 1.06 bits per heavy atom. The average Bonchev–Trinajstić information content (AvgIpc) is 2.76. The molecule has 3 nitrogen and oxygen atoms in total. The number of aromatic hydroxyl groups is 1. The SMILES string of the molecule is Nc1cccc2c1CN(Cc1ccc(O)cc1)C2. The minimum absolute atomic E-state index is 0.313. The van der Waals surface area contributed by atoms with Gasteiger partial charge in [-0.25, -0.2) is 0 Å². The van der Waals surface area contributed by atoms with Gasteiger partial charge in [0.05, 0.1) is 0 Å². The standard InChI is InChI=1S/C15H16N2O/c16-15-3-1-2-12-9-17(10-14(12)15)8-11-4-6-13(18)7-5-11/h1-7,18H,8-10,16H2. The normalized spacial score (nSPS) is 14.7. The van der Waals surface area contributed by atoms with Crippen molar-refractivity contribution in [3.8, 4) is 5.75 Å². The molecule has 2 aromatic carbocycles. The van der Waals surface area contributed by atoms with Crippen molar-refractivity contribution in [1.82, 2.24) is 4.90 Å². The van der Waals surface area contributed by atoms with Crippen LogP contribution in [0.4, 0.5) is 5.69 Å². The van der Waals surface area contributed by atoms with Crippen molar-refractivity contribution in [2.24, 2.45) is 0 Å². The van der Waals surface area contributed by atoms with E-state index in [9.17, 15) is 5.11 Å². The quantitative estimate of drug-likeness (QED) is 0.793. The van der Waals surface area contributed by atoms with Gasteiger partial charge < -0.3 is 10.8 Å². The molecular weight excluding hydrogens is 224 g/mol. The van der Waals surface area contributed by atoms with Gasteiger partial charge >= 0.3 is 0 Å². The van der Waals surface area contributed by atoms with E-state index in [1.807, 2.05) is 24.3 Å². The number of nitrogens with zero attached hydrogens (tertiary/aromatic N) is 1. The predicted molar refractivity (Wildman–Crippen MR) is 71.9 cm³/mol. The van der Waals surface area contributed by atoms with Crippen LogP contribution in [0.25, 0.3) is 0 Å². The summed E-state index contributed by atoms with van der Waals surface area (Å²) in [6.45, 7) is 2.73. The highest BCUT2D eigenvalue weighted by Gasteiger charge is 2.20. The number of hydrogen-bond acceptors (Lipinski definition) is 3. The fourth-order valence-electron chi connectivity index (χ4n) is 2.49. The van der Waals surface area contributed by atoms with Crippen molar-refractivity contribution in [1.29, 1.82) is 0 Å². The van der Waals surface area contributed by atoms with Crippen LogP contribution in [0.15, 0.2) is 42.5 Å². The largest absolute Gasteiger partial charge is 0.508 e. The summed E-state index contributed by atoms with van der Waals surface area (Å²) in [5.41, 5.74) is 10.7. The second-order valence-corrected chi connectivity index (χ2v) is 4.80. The van der Waals surface area contributed by atoms with Crippen LogP contribution in [0.2, 0.25) is 0 Å². The Balaban J connectivity index is 1.75. The molecule has 0 bridgehead atoms. The number of phenols is 1. The molecule has 3 N–H and O–H groups in total. The molecule has 3 rings (SSSR count). The predicted octanol–water partition coefficient (Wildman–Crippen LogP) is 2.49. The van der Waals surface area contributed by atoms with E-state index in [-0.39, 0.29) is 0 Å². The minimum atomic E-state index is 0.313. The molecule has 0 aliphatic carbocycles. The fraction of sp³-hybridized carbons (Fsp3) is 0.200. The van der Waals surface area contributed by atoms with Crippen molar-refractivity contribution in [2.75, 3.05) is 5.73 Å². The molecule has 18 heavy (non-hydrogen) atoms. The zero-order chi connectivity index (χ0) is 12.5. The van der Waals surface area contributed by atoms with Gasteiger partial charge in [0, 0.05) is 25.3 Å². The van der Waals surface area contributed by atoms with Crippen LogP contribution in [0.3, 0.4) is 0 Å². The Hall–Kier alpha value is -2.00. The number of anilines is 1. The number of fused-ring (bicyclic) bond motifs is 1. The van der Waals surface area contributed by atoms with E-state index in [2.05, 4.69) is 11.0 Å². The monoisotopic (exact) mass is 240 g/mol. The number of nitrogen functional groups attached to an aromatic ring is 1. The molecule has 1 aliphatic rings. The van der Waals surface area contributed by atoms with Gasteiger partial charge in [-0.15, -0.1) is 0 Å². The number of phenolic OH excluding ortho intramolecular Hbond substituents is 1. The molecule has 2 aromatic rings. The molecule has 0 aromatic heterocycles. The van der Waals surface area contributed by atoms with Crippen LogP contribution in [-0.2, 0) is 19.6 Å². The highest BCUT2D eigenvalue weighted by atomic mass is 16.3. The first kappa shape index (κ1) is 11.1. The Kier molecular flexibility index (Phi) is 2.68. The summed E-state index contributed by atoms with van der Waals surface area (Å²) in [5.74, 6) is 0.313. The summed E-state index contributed by atoms with van der Waals surface area (Å²) < 4.78 is 0. The molecule has 0 amide bonds. The number of hydrogen-bond donors (Lipinski definition) is 2. The van der Waals surface area contributed by atoms with Crippen molar-refractivity contribution in [3.05, 3.63) is 59.2 Å². The molecule has 0 spiro atoms. The van der Waals surface area contributed by atoms with E-state index in [1.165, 1.54) is 16.7 Å². The van der Waals surface area contributed by atoms with E-state index in [0.717, 1.165) is 25.3 Å². The molecule has 0 atom stereocenters. The average molecular weight is 240 g/mol. The smallest absolute Gasteiger partial charge is 0.115 e. The summed E-state index contributed by atoms with van der Waals surface area (Å²) in [6, 6.07) is 13.5. The lowest BCUT2D eigenvalue weighted by molar-refractivity contribution is 0.275. The highest BCUT2D eigenvalue weighted by Crippen LogP contribution is 2.28. The summed E-state index contributed by atoms with van der Waals surface area (Å²) in [4.78, 5) is 2.35. The number of nitrogens with two attached hydrogens (primary N) is 1. The molecule has 0 unspecified atom stereocenters. The van der Waals surface area contributed by atoms with Gasteiger partial charge in [0.15, 0.2) is 0 Å². The third-order valence-corrected chi connectivity index (χ3v) is 3.43. The molecular formula is C15H16N2O. The second kappa shape index (κ2) is 4.35. The van der Waals surface area contributed by atoms with E-state index < -0.39 is 0 Å². The zero-order valence-corrected chi connectivity index (χ0v) is 10.1. The maximum atomic E-state index is 9.27. The van der Waals surface area contributed by atoms with Crippen LogP contribution in [0, 0.1) is 0 Å². The van der Waals surface area contributed by atoms with Gasteiger partial charge in [-0.3, -0.25) is 4.90 Å². The number of benzene rings is 2. The second-order valence-electron chi connectivity index (χ2n) is 4.80. The first-order chi connectivity index (χ1) is 8.72. The van der Waals surface area contributed by atoms with Crippen molar-refractivity contribution in [3.63, 3.8) is 0 Å². The van der Waals surface area contributed by atoms with Gasteiger partial charge in [0.2, 0.25) is 0 Å². The fourth-order valence-corrected chi connectivity index (χ4v) is 2.49. The van der Waals surface area contributed by atoms with Gasteiger partial charge in [0.1, 0.15) is 5.75 Å². The van der Waals surface area contributed by atoms with Gasteiger partial charge in [-0.05, 0) is 34.9 Å². The molecule has 1 aliphatic heterocycles. The van der Waals surface area contributed by atoms with Crippen LogP contribution >= 0.6 is 0 Å². The first-order valence-electron chi connectivity index (χ1n) is 6.09. The topological polar surface area (TPSA) is 49.5 Å². The zero-order valence-electron chi connectivity index (χ0n) is 10.1. The molecule has 0 fully saturated rings. The van der Waals surface area contributed by atoms with Gasteiger partial charge in [0.25, 0.3) is 0 Å². The maximum Gasteiger partial charge on any atom is 0.115 e. The minimum Gasteiger partial charge on any atom is -0.508 e.